The standard InChI is InChI=1S/C23H35N5O6S/c1-17-12-28(18(2)15-29)23(30)10-7-11-27-13-19(24-25-27)16-34-21(17)14-26(3)35(31,32)22-9-6-5-8-20(22)33-4/h5-6,8-9,13,17-18,21,29H,7,10-12,14-16H2,1-4H3/t17-,18+,21+/m1/s1. The number of para-hydroxylation sites is 1. The number of carbonyl (C=O) groups excluding carboxylic acids is 1. The number of aliphatic hydroxyl groups is 1. The van der Waals surface area contributed by atoms with Gasteiger partial charge in [-0.15, -0.1) is 5.10 Å². The average molecular weight is 510 g/mol. The van der Waals surface area contributed by atoms with E-state index in [0.717, 1.165) is 0 Å². The first kappa shape index (κ1) is 27.1. The van der Waals surface area contributed by atoms with Crippen molar-refractivity contribution in [2.24, 2.45) is 5.92 Å². The van der Waals surface area contributed by atoms with E-state index >= 15 is 0 Å². The minimum Gasteiger partial charge on any atom is -0.495 e. The summed E-state index contributed by atoms with van der Waals surface area (Å²) in [5.74, 6) is -0.0563. The molecule has 11 nitrogen and oxygen atoms in total. The molecule has 1 N–H and O–H groups in total. The summed E-state index contributed by atoms with van der Waals surface area (Å²) >= 11 is 0. The van der Waals surface area contributed by atoms with Crippen LogP contribution in [0.2, 0.25) is 0 Å². The van der Waals surface area contributed by atoms with E-state index in [2.05, 4.69) is 10.3 Å². The van der Waals surface area contributed by atoms with E-state index in [1.165, 1.54) is 24.5 Å². The number of benzene rings is 1. The maximum absolute atomic E-state index is 13.4. The van der Waals surface area contributed by atoms with E-state index in [9.17, 15) is 18.3 Å². The Labute approximate surface area is 206 Å². The third-order valence-corrected chi connectivity index (χ3v) is 8.10. The predicted octanol–water partition coefficient (Wildman–Crippen LogP) is 1.13. The van der Waals surface area contributed by atoms with Crippen LogP contribution in [0.5, 0.6) is 5.75 Å². The van der Waals surface area contributed by atoms with Crippen molar-refractivity contribution in [2.75, 3.05) is 33.9 Å². The molecule has 12 heteroatoms. The van der Waals surface area contributed by atoms with Crippen molar-refractivity contribution in [2.45, 2.75) is 56.9 Å². The monoisotopic (exact) mass is 509 g/mol. The molecule has 1 aromatic carbocycles. The predicted molar refractivity (Wildman–Crippen MR) is 128 cm³/mol. The molecule has 3 atom stereocenters. The molecule has 35 heavy (non-hydrogen) atoms. The highest BCUT2D eigenvalue weighted by Gasteiger charge is 2.32. The fourth-order valence-corrected chi connectivity index (χ4v) is 5.38. The van der Waals surface area contributed by atoms with E-state index in [1.54, 1.807) is 40.9 Å². The van der Waals surface area contributed by atoms with Gasteiger partial charge in [-0.3, -0.25) is 9.48 Å². The summed E-state index contributed by atoms with van der Waals surface area (Å²) in [6.07, 6.45) is 2.11. The Balaban J connectivity index is 1.88. The van der Waals surface area contributed by atoms with Crippen LogP contribution in [0.3, 0.4) is 0 Å². The fourth-order valence-electron chi connectivity index (χ4n) is 4.04. The molecule has 1 aromatic heterocycles. The number of hydrogen-bond donors (Lipinski definition) is 1. The number of methoxy groups -OCH3 is 1. The molecule has 3 rings (SSSR count). The molecule has 0 saturated heterocycles. The highest BCUT2D eigenvalue weighted by atomic mass is 32.2. The molecule has 0 aliphatic carbocycles. The lowest BCUT2D eigenvalue weighted by Crippen LogP contribution is -2.47. The van der Waals surface area contributed by atoms with E-state index in [4.69, 9.17) is 9.47 Å². The number of nitrogens with zero attached hydrogens (tertiary/aromatic N) is 5. The van der Waals surface area contributed by atoms with Crippen molar-refractivity contribution in [3.8, 4) is 5.75 Å². The number of rotatable bonds is 7. The molecule has 194 valence electrons. The first-order chi connectivity index (χ1) is 16.7. The van der Waals surface area contributed by atoms with Gasteiger partial charge in [-0.2, -0.15) is 4.31 Å². The quantitative estimate of drug-likeness (QED) is 0.589. The van der Waals surface area contributed by atoms with Crippen LogP contribution in [-0.2, 0) is 32.7 Å². The van der Waals surface area contributed by atoms with Crippen LogP contribution in [0.1, 0.15) is 32.4 Å². The van der Waals surface area contributed by atoms with Crippen LogP contribution >= 0.6 is 0 Å². The fraction of sp³-hybridized carbons (Fsp3) is 0.609. The van der Waals surface area contributed by atoms with Gasteiger partial charge >= 0.3 is 0 Å². The van der Waals surface area contributed by atoms with Gasteiger partial charge in [-0.1, -0.05) is 24.3 Å². The van der Waals surface area contributed by atoms with E-state index in [0.29, 0.717) is 31.6 Å². The Bertz CT molecular complexity index is 1090. The SMILES string of the molecule is COc1ccccc1S(=O)(=O)N(C)C[C@@H]1OCc2cn(nn2)CCCC(=O)N([C@@H](C)CO)C[C@H]1C. The van der Waals surface area contributed by atoms with Gasteiger partial charge in [0, 0.05) is 39.0 Å². The van der Waals surface area contributed by atoms with Crippen LogP contribution in [0.4, 0.5) is 0 Å². The van der Waals surface area contributed by atoms with Gasteiger partial charge in [0.05, 0.1) is 38.7 Å². The second-order valence-electron chi connectivity index (χ2n) is 8.92. The number of aromatic nitrogens is 3. The lowest BCUT2D eigenvalue weighted by Gasteiger charge is -2.35. The van der Waals surface area contributed by atoms with Crippen LogP contribution < -0.4 is 4.74 Å². The number of fused-ring (bicyclic) bond motifs is 2. The summed E-state index contributed by atoms with van der Waals surface area (Å²) < 4.78 is 41.0. The number of aliphatic hydroxyl groups excluding tert-OH is 1. The first-order valence-corrected chi connectivity index (χ1v) is 13.1. The molecule has 2 bridgehead atoms. The molecule has 0 fully saturated rings. The van der Waals surface area contributed by atoms with E-state index in [-0.39, 0.29) is 48.3 Å². The molecule has 2 aromatic rings. The minimum atomic E-state index is -3.87. The molecule has 0 saturated carbocycles. The lowest BCUT2D eigenvalue weighted by molar-refractivity contribution is -0.136. The molecule has 2 heterocycles. The second-order valence-corrected chi connectivity index (χ2v) is 10.9. The maximum Gasteiger partial charge on any atom is 0.246 e. The maximum atomic E-state index is 13.4. The summed E-state index contributed by atoms with van der Waals surface area (Å²) in [6.45, 7) is 4.59. The van der Waals surface area contributed by atoms with Crippen molar-refractivity contribution >= 4 is 15.9 Å². The molecule has 1 aliphatic heterocycles. The molecular weight excluding hydrogens is 474 g/mol. The van der Waals surface area contributed by atoms with Crippen molar-refractivity contribution in [1.82, 2.24) is 24.2 Å². The summed E-state index contributed by atoms with van der Waals surface area (Å²) in [4.78, 5) is 14.7. The van der Waals surface area contributed by atoms with Gasteiger partial charge in [-0.05, 0) is 25.5 Å². The number of aryl methyl sites for hydroxylation is 1. The summed E-state index contributed by atoms with van der Waals surface area (Å²) in [7, 11) is -0.953. The van der Waals surface area contributed by atoms with Gasteiger partial charge in [0.25, 0.3) is 0 Å². The van der Waals surface area contributed by atoms with Crippen LogP contribution in [0, 0.1) is 5.92 Å². The smallest absolute Gasteiger partial charge is 0.246 e. The number of likely N-dealkylation sites (N-methyl/N-ethyl adjacent to an activating group) is 1. The highest BCUT2D eigenvalue weighted by Crippen LogP contribution is 2.27. The van der Waals surface area contributed by atoms with Crippen molar-refractivity contribution < 1.29 is 27.8 Å². The number of amides is 1. The van der Waals surface area contributed by atoms with Gasteiger partial charge in [0.15, 0.2) is 0 Å². The van der Waals surface area contributed by atoms with Crippen LogP contribution in [0.15, 0.2) is 35.4 Å². The topological polar surface area (TPSA) is 127 Å². The Hall–Kier alpha value is -2.54. The largest absolute Gasteiger partial charge is 0.495 e. The molecule has 0 spiro atoms. The number of sulfonamides is 1. The Morgan fingerprint density at radius 1 is 1.34 bits per heavy atom. The number of carbonyl (C=O) groups is 1. The van der Waals surface area contributed by atoms with Crippen LogP contribution in [0.25, 0.3) is 0 Å². The average Bonchev–Trinajstić information content (AvgIpc) is 3.31. The Morgan fingerprint density at radius 3 is 2.80 bits per heavy atom. The van der Waals surface area contributed by atoms with Gasteiger partial charge in [0.1, 0.15) is 16.3 Å². The summed E-state index contributed by atoms with van der Waals surface area (Å²) in [5.41, 5.74) is 0.628. The molecule has 0 unspecified atom stereocenters. The summed E-state index contributed by atoms with van der Waals surface area (Å²) in [6, 6.07) is 6.08. The lowest BCUT2D eigenvalue weighted by atomic mass is 10.0. The number of ether oxygens (including phenoxy) is 2. The molecule has 0 radical (unpaired) electrons. The van der Waals surface area contributed by atoms with Gasteiger partial charge in [-0.25, -0.2) is 8.42 Å². The molecule has 1 amide bonds. The zero-order chi connectivity index (χ0) is 25.6. The minimum absolute atomic E-state index is 0.0468. The zero-order valence-corrected chi connectivity index (χ0v) is 21.5. The Morgan fingerprint density at radius 2 is 2.09 bits per heavy atom. The van der Waals surface area contributed by atoms with Crippen molar-refractivity contribution in [3.63, 3.8) is 0 Å². The third kappa shape index (κ3) is 6.57. The van der Waals surface area contributed by atoms with Gasteiger partial charge < -0.3 is 19.5 Å². The van der Waals surface area contributed by atoms with Crippen molar-refractivity contribution in [1.29, 1.82) is 0 Å². The number of hydrogen-bond acceptors (Lipinski definition) is 8. The van der Waals surface area contributed by atoms with Gasteiger partial charge in [0.2, 0.25) is 15.9 Å². The second kappa shape index (κ2) is 11.9. The highest BCUT2D eigenvalue weighted by molar-refractivity contribution is 7.89. The van der Waals surface area contributed by atoms with Crippen molar-refractivity contribution in [3.05, 3.63) is 36.2 Å². The van der Waals surface area contributed by atoms with E-state index in [1.807, 2.05) is 6.92 Å². The van der Waals surface area contributed by atoms with Crippen LogP contribution in [-0.4, -0.2) is 89.6 Å². The molecular formula is C23H35N5O6S. The summed E-state index contributed by atoms with van der Waals surface area (Å²) in [5, 5.41) is 17.9. The third-order valence-electron chi connectivity index (χ3n) is 6.24. The first-order valence-electron chi connectivity index (χ1n) is 11.7. The Kier molecular flexibility index (Phi) is 9.22. The van der Waals surface area contributed by atoms with E-state index < -0.39 is 16.1 Å². The molecule has 1 aliphatic rings. The zero-order valence-electron chi connectivity index (χ0n) is 20.7. The normalized spacial score (nSPS) is 21.2.